The van der Waals surface area contributed by atoms with Crippen molar-refractivity contribution in [2.45, 2.75) is 13.1 Å². The second kappa shape index (κ2) is 6.93. The molecule has 0 atom stereocenters. The van der Waals surface area contributed by atoms with E-state index in [-0.39, 0.29) is 0 Å². The fourth-order valence-electron chi connectivity index (χ4n) is 1.78. The van der Waals surface area contributed by atoms with Gasteiger partial charge in [0, 0.05) is 38.8 Å². The van der Waals surface area contributed by atoms with E-state index in [0.717, 1.165) is 31.9 Å². The molecule has 0 aromatic carbocycles. The molecule has 0 aliphatic heterocycles. The van der Waals surface area contributed by atoms with E-state index in [1.165, 1.54) is 5.56 Å². The molecule has 2 heterocycles. The van der Waals surface area contributed by atoms with Crippen LogP contribution in [0.5, 0.6) is 0 Å². The van der Waals surface area contributed by atoms with Gasteiger partial charge in [-0.05, 0) is 23.8 Å². The van der Waals surface area contributed by atoms with Gasteiger partial charge in [0.15, 0.2) is 0 Å². The number of methoxy groups -OCH3 is 1. The molecule has 0 fully saturated rings. The topological polar surface area (TPSA) is 39.1 Å². The summed E-state index contributed by atoms with van der Waals surface area (Å²) < 4.78 is 7.14. The van der Waals surface area contributed by atoms with Gasteiger partial charge in [0.05, 0.1) is 18.8 Å². The van der Waals surface area contributed by atoms with Gasteiger partial charge in [-0.15, -0.1) is 0 Å². The Morgan fingerprint density at radius 2 is 2.28 bits per heavy atom. The number of rotatable bonds is 7. The maximum Gasteiger partial charge on any atom is 0.0642 e. The van der Waals surface area contributed by atoms with Crippen LogP contribution in [-0.2, 0) is 17.8 Å². The van der Waals surface area contributed by atoms with Crippen LogP contribution in [0.4, 0.5) is 0 Å². The summed E-state index contributed by atoms with van der Waals surface area (Å²) in [7, 11) is 1.71. The van der Waals surface area contributed by atoms with Gasteiger partial charge in [-0.2, -0.15) is 0 Å². The zero-order chi connectivity index (χ0) is 12.6. The van der Waals surface area contributed by atoms with E-state index in [1.807, 2.05) is 24.4 Å². The van der Waals surface area contributed by atoms with Crippen molar-refractivity contribution < 1.29 is 4.74 Å². The number of nitrogens with one attached hydrogen (secondary N) is 1. The fraction of sp³-hybridized carbons (Fsp3) is 0.357. The number of ether oxygens (including phenoxy) is 1. The average Bonchev–Trinajstić information content (AvgIpc) is 2.84. The molecule has 0 aliphatic rings. The number of aromatic nitrogens is 2. The van der Waals surface area contributed by atoms with E-state index in [0.29, 0.717) is 0 Å². The molecule has 0 bridgehead atoms. The molecule has 0 amide bonds. The van der Waals surface area contributed by atoms with E-state index >= 15 is 0 Å². The first-order valence-corrected chi connectivity index (χ1v) is 6.12. The molecule has 4 nitrogen and oxygen atoms in total. The molecule has 1 N–H and O–H groups in total. The van der Waals surface area contributed by atoms with Crippen molar-refractivity contribution in [3.8, 4) is 0 Å². The number of pyridine rings is 1. The minimum atomic E-state index is 0.745. The van der Waals surface area contributed by atoms with Gasteiger partial charge in [0.2, 0.25) is 0 Å². The van der Waals surface area contributed by atoms with Crippen LogP contribution in [0, 0.1) is 0 Å². The molecule has 2 rings (SSSR count). The van der Waals surface area contributed by atoms with E-state index in [2.05, 4.69) is 33.3 Å². The zero-order valence-corrected chi connectivity index (χ0v) is 10.7. The highest BCUT2D eigenvalue weighted by molar-refractivity contribution is 5.12. The largest absolute Gasteiger partial charge is 0.383 e. The molecule has 0 saturated carbocycles. The van der Waals surface area contributed by atoms with Crippen molar-refractivity contribution in [1.29, 1.82) is 0 Å². The van der Waals surface area contributed by atoms with Gasteiger partial charge < -0.3 is 14.6 Å². The summed E-state index contributed by atoms with van der Waals surface area (Å²) in [5.41, 5.74) is 2.36. The lowest BCUT2D eigenvalue weighted by Gasteiger charge is -2.03. The van der Waals surface area contributed by atoms with E-state index in [4.69, 9.17) is 4.74 Å². The van der Waals surface area contributed by atoms with Crippen molar-refractivity contribution in [1.82, 2.24) is 14.9 Å². The van der Waals surface area contributed by atoms with Crippen LogP contribution >= 0.6 is 0 Å². The molecule has 0 aliphatic carbocycles. The summed E-state index contributed by atoms with van der Waals surface area (Å²) in [6.07, 6.45) is 6.06. The molecule has 18 heavy (non-hydrogen) atoms. The van der Waals surface area contributed by atoms with E-state index in [9.17, 15) is 0 Å². The highest BCUT2D eigenvalue weighted by atomic mass is 16.5. The molecule has 0 saturated heterocycles. The maximum atomic E-state index is 4.99. The smallest absolute Gasteiger partial charge is 0.0642 e. The Balaban J connectivity index is 1.83. The predicted octanol–water partition coefficient (Wildman–Crippen LogP) is 1.67. The molecular weight excluding hydrogens is 226 g/mol. The standard InChI is InChI=1S/C14H19N3O/c1-18-9-7-15-10-13-5-8-17(11-13)12-14-4-2-3-6-16-14/h2-6,8,11,15H,7,9-10,12H2,1H3. The monoisotopic (exact) mass is 245 g/mol. The van der Waals surface area contributed by atoms with Crippen molar-refractivity contribution in [2.24, 2.45) is 0 Å². The Bertz CT molecular complexity index is 453. The van der Waals surface area contributed by atoms with E-state index < -0.39 is 0 Å². The maximum absolute atomic E-state index is 4.99. The third-order valence-electron chi connectivity index (χ3n) is 2.69. The van der Waals surface area contributed by atoms with Gasteiger partial charge in [0.25, 0.3) is 0 Å². The predicted molar refractivity (Wildman–Crippen MR) is 71.4 cm³/mol. The number of nitrogens with zero attached hydrogens (tertiary/aromatic N) is 2. The highest BCUT2D eigenvalue weighted by Crippen LogP contribution is 2.04. The summed E-state index contributed by atoms with van der Waals surface area (Å²) in [5, 5.41) is 3.33. The molecule has 2 aromatic heterocycles. The minimum Gasteiger partial charge on any atom is -0.383 e. The third-order valence-corrected chi connectivity index (χ3v) is 2.69. The van der Waals surface area contributed by atoms with Gasteiger partial charge >= 0.3 is 0 Å². The molecule has 0 spiro atoms. The zero-order valence-electron chi connectivity index (χ0n) is 10.7. The van der Waals surface area contributed by atoms with Crippen molar-refractivity contribution in [3.05, 3.63) is 54.1 Å². The Hall–Kier alpha value is -1.65. The summed E-state index contributed by atoms with van der Waals surface area (Å²) in [6.45, 7) is 3.31. The third kappa shape index (κ3) is 3.98. The lowest BCUT2D eigenvalue weighted by molar-refractivity contribution is 0.199. The molecule has 0 unspecified atom stereocenters. The Morgan fingerprint density at radius 3 is 3.06 bits per heavy atom. The molecule has 96 valence electrons. The van der Waals surface area contributed by atoms with Gasteiger partial charge in [-0.3, -0.25) is 4.98 Å². The van der Waals surface area contributed by atoms with Crippen LogP contribution in [0.2, 0.25) is 0 Å². The summed E-state index contributed by atoms with van der Waals surface area (Å²) in [5.74, 6) is 0. The Morgan fingerprint density at radius 1 is 1.33 bits per heavy atom. The Labute approximate surface area is 108 Å². The summed E-state index contributed by atoms with van der Waals surface area (Å²) in [6, 6.07) is 8.11. The van der Waals surface area contributed by atoms with Crippen molar-refractivity contribution >= 4 is 0 Å². The van der Waals surface area contributed by atoms with Crippen molar-refractivity contribution in [3.63, 3.8) is 0 Å². The normalized spacial score (nSPS) is 10.7. The first-order chi connectivity index (χ1) is 8.88. The number of hydrogen-bond donors (Lipinski definition) is 1. The van der Waals surface area contributed by atoms with E-state index in [1.54, 1.807) is 7.11 Å². The summed E-state index contributed by atoms with van der Waals surface area (Å²) >= 11 is 0. The second-order valence-corrected chi connectivity index (χ2v) is 4.18. The van der Waals surface area contributed by atoms with Gasteiger partial charge in [0.1, 0.15) is 0 Å². The first kappa shape index (κ1) is 12.8. The number of hydrogen-bond acceptors (Lipinski definition) is 3. The highest BCUT2D eigenvalue weighted by Gasteiger charge is 1.98. The quantitative estimate of drug-likeness (QED) is 0.754. The molecule has 0 radical (unpaired) electrons. The van der Waals surface area contributed by atoms with Crippen LogP contribution in [0.25, 0.3) is 0 Å². The summed E-state index contributed by atoms with van der Waals surface area (Å²) in [4.78, 5) is 4.32. The lowest BCUT2D eigenvalue weighted by atomic mass is 10.3. The lowest BCUT2D eigenvalue weighted by Crippen LogP contribution is -2.18. The molecular formula is C14H19N3O. The fourth-order valence-corrected chi connectivity index (χ4v) is 1.78. The first-order valence-electron chi connectivity index (χ1n) is 6.12. The van der Waals surface area contributed by atoms with Crippen LogP contribution in [-0.4, -0.2) is 29.8 Å². The minimum absolute atomic E-state index is 0.745. The average molecular weight is 245 g/mol. The molecule has 2 aromatic rings. The second-order valence-electron chi connectivity index (χ2n) is 4.18. The van der Waals surface area contributed by atoms with Crippen LogP contribution in [0.1, 0.15) is 11.3 Å². The SMILES string of the molecule is COCCNCc1ccn(Cc2ccccn2)c1. The molecule has 4 heteroatoms. The van der Waals surface area contributed by atoms with Crippen LogP contribution < -0.4 is 5.32 Å². The van der Waals surface area contributed by atoms with Crippen molar-refractivity contribution in [2.75, 3.05) is 20.3 Å². The van der Waals surface area contributed by atoms with Crippen LogP contribution in [0.3, 0.4) is 0 Å². The van der Waals surface area contributed by atoms with Crippen LogP contribution in [0.15, 0.2) is 42.9 Å². The Kier molecular flexibility index (Phi) is 4.93. The van der Waals surface area contributed by atoms with Gasteiger partial charge in [-0.25, -0.2) is 0 Å². The van der Waals surface area contributed by atoms with Gasteiger partial charge in [-0.1, -0.05) is 6.07 Å².